The van der Waals surface area contributed by atoms with Crippen LogP contribution >= 0.6 is 23.2 Å². The van der Waals surface area contributed by atoms with Crippen molar-refractivity contribution in [1.82, 2.24) is 4.31 Å². The fraction of sp³-hybridized carbons (Fsp3) is 0.286. The van der Waals surface area contributed by atoms with Gasteiger partial charge >= 0.3 is 0 Å². The van der Waals surface area contributed by atoms with Crippen LogP contribution in [-0.2, 0) is 10.0 Å². The van der Waals surface area contributed by atoms with E-state index in [2.05, 4.69) is 0 Å². The molecule has 2 aromatic carbocycles. The first-order valence-corrected chi connectivity index (χ1v) is 11.6. The Hall–Kier alpha value is -2.06. The quantitative estimate of drug-likeness (QED) is 0.280. The number of ketones is 1. The average molecular weight is 472 g/mol. The van der Waals surface area contributed by atoms with Gasteiger partial charge in [-0.15, -0.1) is 23.2 Å². The van der Waals surface area contributed by atoms with Crippen molar-refractivity contribution in [2.75, 3.05) is 39.1 Å². The Kier molecular flexibility index (Phi) is 9.17. The molecule has 0 saturated carbocycles. The summed E-state index contributed by atoms with van der Waals surface area (Å²) in [6, 6.07) is 11.9. The van der Waals surface area contributed by atoms with E-state index in [0.717, 1.165) is 9.87 Å². The van der Waals surface area contributed by atoms with E-state index in [1.54, 1.807) is 6.08 Å². The number of alkyl halides is 2. The van der Waals surface area contributed by atoms with Crippen molar-refractivity contribution in [3.8, 4) is 11.5 Å². The highest BCUT2D eigenvalue weighted by atomic mass is 35.5. The molecule has 0 unspecified atom stereocenters. The van der Waals surface area contributed by atoms with Crippen molar-refractivity contribution in [2.45, 2.75) is 4.90 Å². The fourth-order valence-electron chi connectivity index (χ4n) is 2.77. The predicted octanol–water partition coefficient (Wildman–Crippen LogP) is 4.07. The molecular weight excluding hydrogens is 449 g/mol. The average Bonchev–Trinajstić information content (AvgIpc) is 2.76. The number of ether oxygens (including phenoxy) is 2. The Morgan fingerprint density at radius 2 is 1.60 bits per heavy atom. The fourth-order valence-corrected chi connectivity index (χ4v) is 4.98. The standard InChI is InChI=1S/C21H23Cl2NO5S/c1-28-19-15-20(29-2)21(30(26,27)24(12-10-22)13-11-23)14-17(19)18(25)9-8-16-6-4-3-5-7-16/h3-9,14-15H,10-13H2,1-2H3/b9-8+. The van der Waals surface area contributed by atoms with Gasteiger partial charge in [-0.25, -0.2) is 8.42 Å². The molecule has 0 aromatic heterocycles. The number of hydrogen-bond donors (Lipinski definition) is 0. The second kappa shape index (κ2) is 11.4. The molecule has 30 heavy (non-hydrogen) atoms. The minimum absolute atomic E-state index is 0.0598. The Labute approximate surface area is 187 Å². The van der Waals surface area contributed by atoms with E-state index in [1.807, 2.05) is 30.3 Å². The molecule has 0 heterocycles. The van der Waals surface area contributed by atoms with Gasteiger partial charge in [-0.05, 0) is 17.7 Å². The highest BCUT2D eigenvalue weighted by Gasteiger charge is 2.29. The van der Waals surface area contributed by atoms with E-state index in [4.69, 9.17) is 32.7 Å². The number of carbonyl (C=O) groups excluding carboxylic acids is 1. The monoisotopic (exact) mass is 471 g/mol. The highest BCUT2D eigenvalue weighted by molar-refractivity contribution is 7.89. The third-order valence-electron chi connectivity index (χ3n) is 4.26. The minimum Gasteiger partial charge on any atom is -0.496 e. The third kappa shape index (κ3) is 5.76. The van der Waals surface area contributed by atoms with Crippen LogP contribution in [0.15, 0.2) is 53.4 Å². The van der Waals surface area contributed by atoms with E-state index in [1.165, 1.54) is 32.4 Å². The zero-order valence-electron chi connectivity index (χ0n) is 16.7. The van der Waals surface area contributed by atoms with Crippen molar-refractivity contribution < 1.29 is 22.7 Å². The summed E-state index contributed by atoms with van der Waals surface area (Å²) in [6.45, 7) is 0.145. The lowest BCUT2D eigenvalue weighted by molar-refractivity contribution is 0.104. The van der Waals surface area contributed by atoms with Crippen LogP contribution in [0.4, 0.5) is 0 Å². The van der Waals surface area contributed by atoms with Gasteiger partial charge < -0.3 is 9.47 Å². The minimum atomic E-state index is -4.01. The third-order valence-corrected chi connectivity index (χ3v) is 6.52. The normalized spacial score (nSPS) is 11.8. The van der Waals surface area contributed by atoms with E-state index in [-0.39, 0.29) is 46.8 Å². The first kappa shape index (κ1) is 24.2. The zero-order valence-corrected chi connectivity index (χ0v) is 19.0. The summed E-state index contributed by atoms with van der Waals surface area (Å²) in [5.41, 5.74) is 0.933. The number of allylic oxidation sites excluding steroid dienone is 1. The van der Waals surface area contributed by atoms with E-state index < -0.39 is 15.8 Å². The first-order chi connectivity index (χ1) is 14.4. The predicted molar refractivity (Wildman–Crippen MR) is 120 cm³/mol. The van der Waals surface area contributed by atoms with Crippen LogP contribution in [0.1, 0.15) is 15.9 Å². The molecular formula is C21H23Cl2NO5S. The van der Waals surface area contributed by atoms with E-state index >= 15 is 0 Å². The van der Waals surface area contributed by atoms with Gasteiger partial charge in [-0.3, -0.25) is 4.79 Å². The van der Waals surface area contributed by atoms with Gasteiger partial charge in [-0.2, -0.15) is 4.31 Å². The molecule has 0 aliphatic rings. The van der Waals surface area contributed by atoms with Crippen LogP contribution in [0.3, 0.4) is 0 Å². The van der Waals surface area contributed by atoms with Crippen molar-refractivity contribution in [3.63, 3.8) is 0 Å². The second-order valence-electron chi connectivity index (χ2n) is 6.09. The zero-order chi connectivity index (χ0) is 22.1. The number of sulfonamides is 1. The number of benzene rings is 2. The molecule has 0 spiro atoms. The Morgan fingerprint density at radius 1 is 1.00 bits per heavy atom. The molecule has 0 saturated heterocycles. The SMILES string of the molecule is COc1cc(OC)c(S(=O)(=O)N(CCCl)CCCl)cc1C(=O)/C=C/c1ccccc1. The van der Waals surface area contributed by atoms with Crippen molar-refractivity contribution in [1.29, 1.82) is 0 Å². The maximum absolute atomic E-state index is 13.2. The topological polar surface area (TPSA) is 72.9 Å². The van der Waals surface area contributed by atoms with Crippen molar-refractivity contribution in [2.24, 2.45) is 0 Å². The Bertz CT molecular complexity index is 988. The smallest absolute Gasteiger partial charge is 0.246 e. The lowest BCUT2D eigenvalue weighted by atomic mass is 10.1. The molecule has 0 aliphatic heterocycles. The number of carbonyl (C=O) groups is 1. The summed E-state index contributed by atoms with van der Waals surface area (Å²) >= 11 is 11.5. The number of hydrogen-bond acceptors (Lipinski definition) is 5. The van der Waals surface area contributed by atoms with Crippen LogP contribution in [0.25, 0.3) is 6.08 Å². The molecule has 0 amide bonds. The Morgan fingerprint density at radius 3 is 2.13 bits per heavy atom. The van der Waals surface area contributed by atoms with Crippen LogP contribution in [0.5, 0.6) is 11.5 Å². The summed E-state index contributed by atoms with van der Waals surface area (Å²) in [4.78, 5) is 12.7. The summed E-state index contributed by atoms with van der Waals surface area (Å²) in [7, 11) is -1.27. The summed E-state index contributed by atoms with van der Waals surface area (Å²) in [5.74, 6) is 0.0517. The summed E-state index contributed by atoms with van der Waals surface area (Å²) in [5, 5.41) is 0. The number of halogens is 2. The van der Waals surface area contributed by atoms with E-state index in [0.29, 0.717) is 0 Å². The lowest BCUT2D eigenvalue weighted by Gasteiger charge is -2.22. The number of methoxy groups -OCH3 is 2. The molecule has 6 nitrogen and oxygen atoms in total. The van der Waals surface area contributed by atoms with Gasteiger partial charge in [0, 0.05) is 30.9 Å². The van der Waals surface area contributed by atoms with Gasteiger partial charge in [0.1, 0.15) is 16.4 Å². The molecule has 2 rings (SSSR count). The van der Waals surface area contributed by atoms with Gasteiger partial charge in [0.05, 0.1) is 19.8 Å². The molecule has 0 fully saturated rings. The van der Waals surface area contributed by atoms with Crippen molar-refractivity contribution in [3.05, 3.63) is 59.7 Å². The second-order valence-corrected chi connectivity index (χ2v) is 8.76. The lowest BCUT2D eigenvalue weighted by Crippen LogP contribution is -2.34. The molecule has 162 valence electrons. The Balaban J connectivity index is 2.54. The summed E-state index contributed by atoms with van der Waals surface area (Å²) < 4.78 is 38.1. The van der Waals surface area contributed by atoms with Gasteiger partial charge in [0.25, 0.3) is 0 Å². The molecule has 0 N–H and O–H groups in total. The molecule has 0 atom stereocenters. The maximum Gasteiger partial charge on any atom is 0.246 e. The van der Waals surface area contributed by atoms with E-state index in [9.17, 15) is 13.2 Å². The molecule has 0 radical (unpaired) electrons. The van der Waals surface area contributed by atoms with Crippen LogP contribution in [0, 0.1) is 0 Å². The number of nitrogens with zero attached hydrogens (tertiary/aromatic N) is 1. The maximum atomic E-state index is 13.2. The van der Waals surface area contributed by atoms with Gasteiger partial charge in [0.2, 0.25) is 10.0 Å². The largest absolute Gasteiger partial charge is 0.496 e. The van der Waals surface area contributed by atoms with Crippen LogP contribution in [0.2, 0.25) is 0 Å². The van der Waals surface area contributed by atoms with Crippen molar-refractivity contribution >= 4 is 45.1 Å². The molecule has 9 heteroatoms. The number of rotatable bonds is 11. The van der Waals surface area contributed by atoms with Crippen LogP contribution in [-0.4, -0.2) is 57.6 Å². The molecule has 0 aliphatic carbocycles. The summed E-state index contributed by atoms with van der Waals surface area (Å²) in [6.07, 6.45) is 3.01. The van der Waals surface area contributed by atoms with Crippen LogP contribution < -0.4 is 9.47 Å². The molecule has 0 bridgehead atoms. The van der Waals surface area contributed by atoms with Gasteiger partial charge in [-0.1, -0.05) is 36.4 Å². The first-order valence-electron chi connectivity index (χ1n) is 9.04. The van der Waals surface area contributed by atoms with Gasteiger partial charge in [0.15, 0.2) is 5.78 Å². The molecule has 2 aromatic rings. The highest BCUT2D eigenvalue weighted by Crippen LogP contribution is 2.34.